The van der Waals surface area contributed by atoms with Crippen LogP contribution in [0.3, 0.4) is 0 Å². The fraction of sp³-hybridized carbons (Fsp3) is 0.857. The molecular weight excluding hydrogens is 256 g/mol. The monoisotopic (exact) mass is 280 g/mol. The van der Waals surface area contributed by atoms with Crippen molar-refractivity contribution in [2.24, 2.45) is 5.41 Å². The molecule has 20 heavy (non-hydrogen) atoms. The van der Waals surface area contributed by atoms with Crippen LogP contribution in [0.1, 0.15) is 70.5 Å². The van der Waals surface area contributed by atoms with Gasteiger partial charge in [-0.3, -0.25) is 4.79 Å². The Labute approximate surface area is 119 Å². The highest BCUT2D eigenvalue weighted by Crippen LogP contribution is 2.43. The molecule has 0 amide bonds. The number of carboxylic acids is 1. The Morgan fingerprint density at radius 1 is 1.45 bits per heavy atom. The maximum Gasteiger partial charge on any atom is 0.311 e. The molecule has 112 valence electrons. The molecule has 0 aliphatic heterocycles. The minimum absolute atomic E-state index is 0.330. The van der Waals surface area contributed by atoms with Gasteiger partial charge in [-0.1, -0.05) is 33.1 Å². The van der Waals surface area contributed by atoms with Crippen molar-refractivity contribution < 1.29 is 9.90 Å². The van der Waals surface area contributed by atoms with E-state index in [2.05, 4.69) is 29.4 Å². The topological polar surface area (TPSA) is 80.9 Å². The molecule has 1 aliphatic rings. The zero-order chi connectivity index (χ0) is 14.6. The molecule has 6 heteroatoms. The molecule has 0 radical (unpaired) electrons. The number of aliphatic carboxylic acids is 1. The number of carbonyl (C=O) groups is 1. The zero-order valence-corrected chi connectivity index (χ0v) is 12.4. The van der Waals surface area contributed by atoms with Crippen LogP contribution in [-0.4, -0.2) is 31.3 Å². The Morgan fingerprint density at radius 3 is 2.70 bits per heavy atom. The van der Waals surface area contributed by atoms with E-state index in [1.807, 2.05) is 0 Å². The first-order valence-electron chi connectivity index (χ1n) is 7.62. The molecule has 0 spiro atoms. The minimum Gasteiger partial charge on any atom is -0.481 e. The number of tetrazole rings is 1. The van der Waals surface area contributed by atoms with Crippen molar-refractivity contribution in [2.45, 2.75) is 71.3 Å². The lowest BCUT2D eigenvalue weighted by Gasteiger charge is -2.37. The second-order valence-electron chi connectivity index (χ2n) is 5.88. The first-order valence-corrected chi connectivity index (χ1v) is 7.62. The molecule has 1 aliphatic carbocycles. The molecule has 0 aromatic carbocycles. The molecule has 1 saturated carbocycles. The van der Waals surface area contributed by atoms with Crippen LogP contribution in [-0.2, 0) is 11.3 Å². The van der Waals surface area contributed by atoms with Gasteiger partial charge in [0.1, 0.15) is 0 Å². The Balaban J connectivity index is 2.13. The lowest BCUT2D eigenvalue weighted by atomic mass is 9.69. The molecule has 1 heterocycles. The van der Waals surface area contributed by atoms with Gasteiger partial charge in [0.25, 0.3) is 0 Å². The van der Waals surface area contributed by atoms with E-state index in [1.54, 1.807) is 4.68 Å². The van der Waals surface area contributed by atoms with Gasteiger partial charge in [-0.2, -0.15) is 0 Å². The molecule has 1 atom stereocenters. The Kier molecular flexibility index (Phi) is 4.73. The zero-order valence-electron chi connectivity index (χ0n) is 12.4. The van der Waals surface area contributed by atoms with Gasteiger partial charge in [-0.25, -0.2) is 4.68 Å². The van der Waals surface area contributed by atoms with Crippen LogP contribution in [0.5, 0.6) is 0 Å². The van der Waals surface area contributed by atoms with Crippen LogP contribution in [0.4, 0.5) is 0 Å². The maximum absolute atomic E-state index is 11.5. The molecular formula is C14H24N4O2. The summed E-state index contributed by atoms with van der Waals surface area (Å²) in [5.41, 5.74) is -0.646. The van der Waals surface area contributed by atoms with Crippen LogP contribution in [0.25, 0.3) is 0 Å². The molecule has 1 fully saturated rings. The van der Waals surface area contributed by atoms with Gasteiger partial charge in [0.05, 0.1) is 12.0 Å². The maximum atomic E-state index is 11.5. The van der Waals surface area contributed by atoms with Crippen molar-refractivity contribution in [1.29, 1.82) is 0 Å². The standard InChI is InChI=1S/C14H24N4O2/c1-3-5-7-11(4-2)12-15-16-17-18(12)10-14(13(19)20)8-6-9-14/h11H,3-10H2,1-2H3,(H,19,20). The number of unbranched alkanes of at least 4 members (excludes halogenated alkanes) is 1. The van der Waals surface area contributed by atoms with E-state index < -0.39 is 11.4 Å². The highest BCUT2D eigenvalue weighted by molar-refractivity contribution is 5.75. The molecule has 2 rings (SSSR count). The largest absolute Gasteiger partial charge is 0.481 e. The highest BCUT2D eigenvalue weighted by atomic mass is 16.4. The quantitative estimate of drug-likeness (QED) is 0.791. The summed E-state index contributed by atoms with van der Waals surface area (Å²) in [6, 6.07) is 0. The number of carboxylic acid groups (broad SMARTS) is 1. The Hall–Kier alpha value is -1.46. The number of aromatic nitrogens is 4. The molecule has 1 N–H and O–H groups in total. The molecule has 6 nitrogen and oxygen atoms in total. The smallest absolute Gasteiger partial charge is 0.311 e. The summed E-state index contributed by atoms with van der Waals surface area (Å²) >= 11 is 0. The Morgan fingerprint density at radius 2 is 2.20 bits per heavy atom. The van der Waals surface area contributed by atoms with Gasteiger partial charge < -0.3 is 5.11 Å². The van der Waals surface area contributed by atoms with Crippen LogP contribution in [0, 0.1) is 5.41 Å². The molecule has 0 saturated heterocycles. The van der Waals surface area contributed by atoms with E-state index >= 15 is 0 Å². The van der Waals surface area contributed by atoms with Gasteiger partial charge in [-0.15, -0.1) is 5.10 Å². The van der Waals surface area contributed by atoms with Crippen molar-refractivity contribution in [3.05, 3.63) is 5.82 Å². The normalized spacial score (nSPS) is 18.5. The summed E-state index contributed by atoms with van der Waals surface area (Å²) in [5.74, 6) is 0.469. The molecule has 1 aromatic rings. The number of rotatable bonds is 8. The Bertz CT molecular complexity index is 454. The van der Waals surface area contributed by atoms with E-state index in [4.69, 9.17) is 0 Å². The van der Waals surface area contributed by atoms with E-state index in [0.29, 0.717) is 12.5 Å². The second-order valence-corrected chi connectivity index (χ2v) is 5.88. The predicted octanol–water partition coefficient (Wildman–Crippen LogP) is 2.61. The van der Waals surface area contributed by atoms with E-state index in [-0.39, 0.29) is 0 Å². The van der Waals surface area contributed by atoms with Crippen LogP contribution >= 0.6 is 0 Å². The SMILES string of the molecule is CCCCC(CC)c1nnnn1CC1(C(=O)O)CCC1. The van der Waals surface area contributed by atoms with Crippen molar-refractivity contribution in [3.8, 4) is 0 Å². The van der Waals surface area contributed by atoms with Crippen molar-refractivity contribution in [2.75, 3.05) is 0 Å². The summed E-state index contributed by atoms with van der Waals surface area (Å²) in [7, 11) is 0. The van der Waals surface area contributed by atoms with Crippen LogP contribution in [0.15, 0.2) is 0 Å². The fourth-order valence-corrected chi connectivity index (χ4v) is 2.91. The average molecular weight is 280 g/mol. The second kappa shape index (κ2) is 6.33. The van der Waals surface area contributed by atoms with Crippen molar-refractivity contribution >= 4 is 5.97 Å². The number of hydrogen-bond acceptors (Lipinski definition) is 4. The van der Waals surface area contributed by atoms with Gasteiger partial charge in [0.15, 0.2) is 5.82 Å². The van der Waals surface area contributed by atoms with Gasteiger partial charge in [0, 0.05) is 5.92 Å². The van der Waals surface area contributed by atoms with E-state index in [0.717, 1.165) is 50.8 Å². The molecule has 0 bridgehead atoms. The summed E-state index contributed by atoms with van der Waals surface area (Å²) in [4.78, 5) is 11.5. The lowest BCUT2D eigenvalue weighted by molar-refractivity contribution is -0.156. The van der Waals surface area contributed by atoms with Crippen LogP contribution in [0.2, 0.25) is 0 Å². The van der Waals surface area contributed by atoms with E-state index in [9.17, 15) is 9.90 Å². The van der Waals surface area contributed by atoms with Gasteiger partial charge in [0.2, 0.25) is 0 Å². The van der Waals surface area contributed by atoms with Gasteiger partial charge >= 0.3 is 5.97 Å². The van der Waals surface area contributed by atoms with E-state index in [1.165, 1.54) is 0 Å². The van der Waals surface area contributed by atoms with Gasteiger partial charge in [-0.05, 0) is 36.1 Å². The third kappa shape index (κ3) is 2.83. The number of hydrogen-bond donors (Lipinski definition) is 1. The summed E-state index contributed by atoms with van der Waals surface area (Å²) in [6.07, 6.45) is 6.79. The highest BCUT2D eigenvalue weighted by Gasteiger charge is 2.45. The first kappa shape index (κ1) is 14.9. The third-order valence-corrected chi connectivity index (χ3v) is 4.54. The molecule has 1 unspecified atom stereocenters. The summed E-state index contributed by atoms with van der Waals surface area (Å²) in [6.45, 7) is 4.71. The fourth-order valence-electron chi connectivity index (χ4n) is 2.91. The summed E-state index contributed by atoms with van der Waals surface area (Å²) in [5, 5.41) is 21.4. The average Bonchev–Trinajstić information content (AvgIpc) is 2.82. The minimum atomic E-state index is -0.716. The number of nitrogens with zero attached hydrogens (tertiary/aromatic N) is 4. The lowest BCUT2D eigenvalue weighted by Crippen LogP contribution is -2.42. The van der Waals surface area contributed by atoms with Crippen LogP contribution < -0.4 is 0 Å². The molecule has 1 aromatic heterocycles. The first-order chi connectivity index (χ1) is 9.63. The summed E-state index contributed by atoms with van der Waals surface area (Å²) < 4.78 is 1.73. The van der Waals surface area contributed by atoms with Crippen molar-refractivity contribution in [3.63, 3.8) is 0 Å². The predicted molar refractivity (Wildman–Crippen MR) is 74.3 cm³/mol. The third-order valence-electron chi connectivity index (χ3n) is 4.54. The van der Waals surface area contributed by atoms with Crippen molar-refractivity contribution in [1.82, 2.24) is 20.2 Å².